The molecule has 0 aromatic rings. The highest BCUT2D eigenvalue weighted by Gasteiger charge is 2.39. The van der Waals surface area contributed by atoms with E-state index in [-0.39, 0.29) is 0 Å². The Bertz CT molecular complexity index is 482. The lowest BCUT2D eigenvalue weighted by atomic mass is 9.74. The third kappa shape index (κ3) is 3.33. The predicted octanol–water partition coefficient (Wildman–Crippen LogP) is 4.90. The second-order valence-electron chi connectivity index (χ2n) is 9.60. The molecule has 1 N–H and O–H groups in total. The van der Waals surface area contributed by atoms with Crippen LogP contribution in [0.2, 0.25) is 0 Å². The first kappa shape index (κ1) is 17.1. The standard InChI is InChI=1S/C22H38N2/c1-15-10-17(3)24-19(12-15)6-4-7-20(24)14-18-11-16(2)13-22-21(18)8-5-9-23-22/h15-17,19-20,22-23H,4-14H2,1-3H3. The van der Waals surface area contributed by atoms with Gasteiger partial charge >= 0.3 is 0 Å². The Morgan fingerprint density at radius 1 is 1.00 bits per heavy atom. The molecule has 3 aliphatic heterocycles. The molecule has 6 unspecified atom stereocenters. The van der Waals surface area contributed by atoms with Gasteiger partial charge in [0.25, 0.3) is 0 Å². The van der Waals surface area contributed by atoms with Crippen LogP contribution in [0, 0.1) is 11.8 Å². The Morgan fingerprint density at radius 3 is 2.75 bits per heavy atom. The molecule has 3 fully saturated rings. The van der Waals surface area contributed by atoms with Crippen LogP contribution in [0.1, 0.15) is 85.0 Å². The minimum absolute atomic E-state index is 0.718. The summed E-state index contributed by atoms with van der Waals surface area (Å²) in [6.45, 7) is 8.69. The highest BCUT2D eigenvalue weighted by Crippen LogP contribution is 2.41. The van der Waals surface area contributed by atoms with Crippen molar-refractivity contribution in [2.75, 3.05) is 6.54 Å². The first-order valence-corrected chi connectivity index (χ1v) is 10.8. The van der Waals surface area contributed by atoms with Crippen LogP contribution in [0.5, 0.6) is 0 Å². The lowest BCUT2D eigenvalue weighted by molar-refractivity contribution is -0.00705. The Kier molecular flexibility index (Phi) is 5.07. The molecule has 0 spiro atoms. The molecule has 2 heteroatoms. The van der Waals surface area contributed by atoms with Gasteiger partial charge in [-0.05, 0) is 83.1 Å². The van der Waals surface area contributed by atoms with Gasteiger partial charge in [0.1, 0.15) is 0 Å². The van der Waals surface area contributed by atoms with Gasteiger partial charge in [-0.25, -0.2) is 0 Å². The van der Waals surface area contributed by atoms with Crippen molar-refractivity contribution in [1.82, 2.24) is 10.2 Å². The van der Waals surface area contributed by atoms with Crippen molar-refractivity contribution in [2.45, 2.75) is 109 Å². The van der Waals surface area contributed by atoms with Crippen LogP contribution in [0.15, 0.2) is 11.1 Å². The average Bonchev–Trinajstić information content (AvgIpc) is 2.54. The Morgan fingerprint density at radius 2 is 1.88 bits per heavy atom. The monoisotopic (exact) mass is 330 g/mol. The summed E-state index contributed by atoms with van der Waals surface area (Å²) in [5.74, 6) is 1.81. The molecule has 0 radical (unpaired) electrons. The zero-order valence-corrected chi connectivity index (χ0v) is 16.2. The lowest BCUT2D eigenvalue weighted by Gasteiger charge is -2.51. The number of piperidine rings is 3. The molecule has 6 atom stereocenters. The Balaban J connectivity index is 1.53. The molecule has 4 rings (SSSR count). The number of fused-ring (bicyclic) bond motifs is 2. The minimum atomic E-state index is 0.718. The lowest BCUT2D eigenvalue weighted by Crippen LogP contribution is -2.55. The molecule has 0 aromatic heterocycles. The fourth-order valence-electron chi connectivity index (χ4n) is 6.65. The minimum Gasteiger partial charge on any atom is -0.310 e. The van der Waals surface area contributed by atoms with Crippen LogP contribution in [0.25, 0.3) is 0 Å². The van der Waals surface area contributed by atoms with E-state index in [0.29, 0.717) is 0 Å². The fraction of sp³-hybridized carbons (Fsp3) is 0.909. The summed E-state index contributed by atoms with van der Waals surface area (Å²) in [6, 6.07) is 3.24. The van der Waals surface area contributed by atoms with Gasteiger partial charge in [0.05, 0.1) is 0 Å². The van der Waals surface area contributed by atoms with Crippen LogP contribution < -0.4 is 5.32 Å². The molecule has 4 aliphatic rings. The Labute approximate surface area is 149 Å². The maximum atomic E-state index is 3.82. The molecule has 0 saturated carbocycles. The molecular formula is C22H38N2. The molecule has 3 heterocycles. The first-order chi connectivity index (χ1) is 11.6. The van der Waals surface area contributed by atoms with Crippen LogP contribution in [0.4, 0.5) is 0 Å². The maximum absolute atomic E-state index is 3.82. The van der Waals surface area contributed by atoms with E-state index in [1.54, 1.807) is 0 Å². The molecule has 3 saturated heterocycles. The van der Waals surface area contributed by atoms with Gasteiger partial charge in [-0.3, -0.25) is 4.90 Å². The molecule has 0 bridgehead atoms. The maximum Gasteiger partial charge on any atom is 0.0284 e. The van der Waals surface area contributed by atoms with Gasteiger partial charge in [-0.1, -0.05) is 31.4 Å². The van der Waals surface area contributed by atoms with Gasteiger partial charge in [0, 0.05) is 24.2 Å². The van der Waals surface area contributed by atoms with Crippen LogP contribution >= 0.6 is 0 Å². The number of hydrogen-bond acceptors (Lipinski definition) is 2. The number of nitrogens with one attached hydrogen (secondary N) is 1. The summed E-state index contributed by atoms with van der Waals surface area (Å²) >= 11 is 0. The van der Waals surface area contributed by atoms with Crippen molar-refractivity contribution in [1.29, 1.82) is 0 Å². The summed E-state index contributed by atoms with van der Waals surface area (Å²) in [5.41, 5.74) is 3.70. The highest BCUT2D eigenvalue weighted by atomic mass is 15.2. The molecular weight excluding hydrogens is 292 g/mol. The quantitative estimate of drug-likeness (QED) is 0.725. The van der Waals surface area contributed by atoms with Crippen LogP contribution in [0.3, 0.4) is 0 Å². The Hall–Kier alpha value is -0.340. The zero-order chi connectivity index (χ0) is 16.7. The molecule has 24 heavy (non-hydrogen) atoms. The zero-order valence-electron chi connectivity index (χ0n) is 16.2. The van der Waals surface area contributed by atoms with Gasteiger partial charge in [-0.2, -0.15) is 0 Å². The van der Waals surface area contributed by atoms with Gasteiger partial charge in [-0.15, -0.1) is 0 Å². The van der Waals surface area contributed by atoms with E-state index in [1.165, 1.54) is 70.8 Å². The van der Waals surface area contributed by atoms with E-state index in [1.807, 2.05) is 11.1 Å². The molecule has 136 valence electrons. The highest BCUT2D eigenvalue weighted by molar-refractivity contribution is 5.26. The SMILES string of the molecule is CC1CC(CC2CCCC3CC(C)CC(C)N23)=C2CCCNC2C1. The largest absolute Gasteiger partial charge is 0.310 e. The van der Waals surface area contributed by atoms with Gasteiger partial charge in [0.15, 0.2) is 0 Å². The van der Waals surface area contributed by atoms with E-state index in [9.17, 15) is 0 Å². The molecule has 1 aliphatic carbocycles. The first-order valence-electron chi connectivity index (χ1n) is 10.8. The second kappa shape index (κ2) is 7.11. The van der Waals surface area contributed by atoms with Crippen LogP contribution in [-0.2, 0) is 0 Å². The fourth-order valence-corrected chi connectivity index (χ4v) is 6.65. The van der Waals surface area contributed by atoms with E-state index in [0.717, 1.165) is 36.0 Å². The van der Waals surface area contributed by atoms with E-state index in [2.05, 4.69) is 31.0 Å². The second-order valence-corrected chi connectivity index (χ2v) is 9.60. The molecule has 0 aromatic carbocycles. The third-order valence-corrected chi connectivity index (χ3v) is 7.45. The number of hydrogen-bond donors (Lipinski definition) is 1. The molecule has 2 nitrogen and oxygen atoms in total. The summed E-state index contributed by atoms with van der Waals surface area (Å²) in [6.07, 6.45) is 14.1. The number of nitrogens with zero attached hydrogens (tertiary/aromatic N) is 1. The normalized spacial score (nSPS) is 44.1. The smallest absolute Gasteiger partial charge is 0.0284 e. The summed E-state index contributed by atoms with van der Waals surface area (Å²) in [4.78, 5) is 2.97. The third-order valence-electron chi connectivity index (χ3n) is 7.45. The summed E-state index contributed by atoms with van der Waals surface area (Å²) < 4.78 is 0. The van der Waals surface area contributed by atoms with Crippen molar-refractivity contribution in [3.8, 4) is 0 Å². The predicted molar refractivity (Wildman–Crippen MR) is 102 cm³/mol. The summed E-state index contributed by atoms with van der Waals surface area (Å²) in [7, 11) is 0. The van der Waals surface area contributed by atoms with Gasteiger partial charge in [0.2, 0.25) is 0 Å². The van der Waals surface area contributed by atoms with Crippen molar-refractivity contribution in [3.05, 3.63) is 11.1 Å². The topological polar surface area (TPSA) is 15.3 Å². The number of rotatable bonds is 2. The van der Waals surface area contributed by atoms with Crippen LogP contribution in [-0.4, -0.2) is 35.6 Å². The van der Waals surface area contributed by atoms with E-state index < -0.39 is 0 Å². The van der Waals surface area contributed by atoms with Crippen molar-refractivity contribution in [2.24, 2.45) is 11.8 Å². The van der Waals surface area contributed by atoms with E-state index in [4.69, 9.17) is 0 Å². The summed E-state index contributed by atoms with van der Waals surface area (Å²) in [5, 5.41) is 3.82. The average molecular weight is 331 g/mol. The van der Waals surface area contributed by atoms with Crippen molar-refractivity contribution < 1.29 is 0 Å². The van der Waals surface area contributed by atoms with Gasteiger partial charge < -0.3 is 5.32 Å². The van der Waals surface area contributed by atoms with E-state index >= 15 is 0 Å². The van der Waals surface area contributed by atoms with Crippen molar-refractivity contribution >= 4 is 0 Å². The van der Waals surface area contributed by atoms with Crippen molar-refractivity contribution in [3.63, 3.8) is 0 Å². The molecule has 0 amide bonds.